The van der Waals surface area contributed by atoms with Gasteiger partial charge in [-0.1, -0.05) is 29.8 Å². The van der Waals surface area contributed by atoms with Gasteiger partial charge < -0.3 is 19.2 Å². The topological polar surface area (TPSA) is 73.6 Å². The average Bonchev–Trinajstić information content (AvgIpc) is 3.16. The minimum atomic E-state index is -0.353. The van der Waals surface area contributed by atoms with E-state index in [0.717, 1.165) is 0 Å². The highest BCUT2D eigenvalue weighted by Crippen LogP contribution is 2.32. The van der Waals surface area contributed by atoms with Crippen LogP contribution in [0.15, 0.2) is 65.1 Å². The van der Waals surface area contributed by atoms with E-state index in [1.165, 1.54) is 14.2 Å². The van der Waals surface area contributed by atoms with Gasteiger partial charge in [-0.15, -0.1) is 0 Å². The molecule has 0 fully saturated rings. The second-order valence-corrected chi connectivity index (χ2v) is 6.58. The highest BCUT2D eigenvalue weighted by atomic mass is 35.5. The number of fused-ring (bicyclic) bond motifs is 1. The monoisotopic (exact) mass is 408 g/mol. The minimum absolute atomic E-state index is 0.314. The van der Waals surface area contributed by atoms with Crippen molar-refractivity contribution in [3.05, 3.63) is 71.2 Å². The number of hydrogen-bond donors (Lipinski definition) is 1. The molecule has 0 spiro atoms. The summed E-state index contributed by atoms with van der Waals surface area (Å²) in [5, 5.41) is 3.41. The van der Waals surface area contributed by atoms with Gasteiger partial charge in [0.15, 0.2) is 5.58 Å². The van der Waals surface area contributed by atoms with Gasteiger partial charge in [0, 0.05) is 5.69 Å². The maximum absolute atomic E-state index is 12.8. The van der Waals surface area contributed by atoms with E-state index in [1.54, 1.807) is 42.5 Å². The van der Waals surface area contributed by atoms with Crippen molar-refractivity contribution in [1.82, 2.24) is 4.98 Å². The summed E-state index contributed by atoms with van der Waals surface area (Å²) >= 11 is 6.23. The molecule has 29 heavy (non-hydrogen) atoms. The minimum Gasteiger partial charge on any atom is -0.496 e. The number of oxazole rings is 1. The van der Waals surface area contributed by atoms with Crippen molar-refractivity contribution in [3.63, 3.8) is 0 Å². The first kappa shape index (κ1) is 18.8. The Labute approximate surface area is 172 Å². The highest BCUT2D eigenvalue weighted by molar-refractivity contribution is 6.33. The Hall–Kier alpha value is -3.51. The number of halogens is 1. The van der Waals surface area contributed by atoms with Crippen molar-refractivity contribution in [2.45, 2.75) is 0 Å². The molecule has 7 heteroatoms. The number of amides is 1. The van der Waals surface area contributed by atoms with E-state index in [4.69, 9.17) is 25.5 Å². The molecule has 0 saturated carbocycles. The van der Waals surface area contributed by atoms with Crippen molar-refractivity contribution in [3.8, 4) is 23.0 Å². The van der Waals surface area contributed by atoms with Crippen LogP contribution in [-0.4, -0.2) is 25.1 Å². The fraction of sp³-hybridized carbons (Fsp3) is 0.0909. The summed E-state index contributed by atoms with van der Waals surface area (Å²) in [6.45, 7) is 0. The largest absolute Gasteiger partial charge is 0.496 e. The fourth-order valence-corrected chi connectivity index (χ4v) is 3.24. The smallest absolute Gasteiger partial charge is 0.263 e. The molecule has 4 aromatic rings. The van der Waals surface area contributed by atoms with Crippen LogP contribution in [0.1, 0.15) is 10.4 Å². The van der Waals surface area contributed by atoms with E-state index in [9.17, 15) is 4.79 Å². The Morgan fingerprint density at radius 2 is 1.72 bits per heavy atom. The lowest BCUT2D eigenvalue weighted by Gasteiger charge is -2.12. The molecular weight excluding hydrogens is 392 g/mol. The van der Waals surface area contributed by atoms with Crippen LogP contribution in [0.3, 0.4) is 0 Å². The Morgan fingerprint density at radius 3 is 2.41 bits per heavy atom. The van der Waals surface area contributed by atoms with Crippen molar-refractivity contribution in [2.24, 2.45) is 0 Å². The predicted molar refractivity (Wildman–Crippen MR) is 112 cm³/mol. The SMILES string of the molecule is COc1cccc(OC)c1C(=O)Nc1ccc2oc(-c3ccccc3Cl)nc2c1. The molecule has 0 unspecified atom stereocenters. The molecular formula is C22H17ClN2O4. The van der Waals surface area contributed by atoms with Gasteiger partial charge in [-0.05, 0) is 42.5 Å². The van der Waals surface area contributed by atoms with Crippen LogP contribution in [0, 0.1) is 0 Å². The number of carbonyl (C=O) groups is 1. The Balaban J connectivity index is 1.66. The van der Waals surface area contributed by atoms with Crippen LogP contribution in [0.5, 0.6) is 11.5 Å². The van der Waals surface area contributed by atoms with Crippen LogP contribution in [0.4, 0.5) is 5.69 Å². The summed E-state index contributed by atoms with van der Waals surface area (Å²) < 4.78 is 16.4. The first-order valence-electron chi connectivity index (χ1n) is 8.78. The number of anilines is 1. The molecule has 4 rings (SSSR count). The van der Waals surface area contributed by atoms with Gasteiger partial charge in [-0.3, -0.25) is 4.79 Å². The van der Waals surface area contributed by atoms with Crippen LogP contribution >= 0.6 is 11.6 Å². The standard InChI is InChI=1S/C22H17ClN2O4/c1-27-18-8-5-9-19(28-2)20(18)21(26)24-13-10-11-17-16(12-13)25-22(29-17)14-6-3-4-7-15(14)23/h3-12H,1-2H3,(H,24,26). The molecule has 6 nitrogen and oxygen atoms in total. The molecule has 0 aliphatic rings. The van der Waals surface area contributed by atoms with E-state index < -0.39 is 0 Å². The Kier molecular flexibility index (Phi) is 5.10. The summed E-state index contributed by atoms with van der Waals surface area (Å²) in [5.74, 6) is 0.907. The molecule has 1 N–H and O–H groups in total. The molecule has 0 aliphatic carbocycles. The van der Waals surface area contributed by atoms with Gasteiger partial charge in [0.05, 0.1) is 24.8 Å². The van der Waals surface area contributed by atoms with Crippen molar-refractivity contribution < 1.29 is 18.7 Å². The zero-order valence-corrected chi connectivity index (χ0v) is 16.5. The van der Waals surface area contributed by atoms with Crippen LogP contribution in [-0.2, 0) is 0 Å². The first-order chi connectivity index (χ1) is 14.1. The fourth-order valence-electron chi connectivity index (χ4n) is 3.02. The molecule has 1 heterocycles. The number of carbonyl (C=O) groups excluding carboxylic acids is 1. The van der Waals surface area contributed by atoms with Crippen molar-refractivity contribution in [2.75, 3.05) is 19.5 Å². The summed E-state index contributed by atoms with van der Waals surface area (Å²) in [5.41, 5.74) is 2.77. The number of rotatable bonds is 5. The second-order valence-electron chi connectivity index (χ2n) is 6.17. The highest BCUT2D eigenvalue weighted by Gasteiger charge is 2.19. The number of benzene rings is 3. The molecule has 1 amide bonds. The van der Waals surface area contributed by atoms with E-state index in [2.05, 4.69) is 10.3 Å². The summed E-state index contributed by atoms with van der Waals surface area (Å²) in [6.07, 6.45) is 0. The van der Waals surface area contributed by atoms with Crippen molar-refractivity contribution in [1.29, 1.82) is 0 Å². The molecule has 3 aromatic carbocycles. The number of ether oxygens (including phenoxy) is 2. The normalized spacial score (nSPS) is 10.7. The first-order valence-corrected chi connectivity index (χ1v) is 9.16. The third-order valence-electron chi connectivity index (χ3n) is 4.40. The predicted octanol–water partition coefficient (Wildman–Crippen LogP) is 5.42. The lowest BCUT2D eigenvalue weighted by Crippen LogP contribution is -2.14. The van der Waals surface area contributed by atoms with Crippen molar-refractivity contribution >= 4 is 34.3 Å². The maximum Gasteiger partial charge on any atom is 0.263 e. The molecule has 0 radical (unpaired) electrons. The zero-order valence-electron chi connectivity index (χ0n) is 15.7. The molecule has 1 aromatic heterocycles. The molecule has 0 saturated heterocycles. The van der Waals surface area contributed by atoms with Gasteiger partial charge in [-0.2, -0.15) is 0 Å². The number of nitrogens with zero attached hydrogens (tertiary/aromatic N) is 1. The summed E-state index contributed by atoms with van der Waals surface area (Å²) in [6, 6.07) is 17.7. The molecule has 0 atom stereocenters. The van der Waals surface area contributed by atoms with Gasteiger partial charge in [0.25, 0.3) is 5.91 Å². The Bertz CT molecular complexity index is 1180. The van der Waals surface area contributed by atoms with Crippen LogP contribution in [0.25, 0.3) is 22.6 Å². The lowest BCUT2D eigenvalue weighted by molar-refractivity contribution is 0.102. The summed E-state index contributed by atoms with van der Waals surface area (Å²) in [4.78, 5) is 17.3. The number of hydrogen-bond acceptors (Lipinski definition) is 5. The number of nitrogens with one attached hydrogen (secondary N) is 1. The molecule has 0 aliphatic heterocycles. The van der Waals surface area contributed by atoms with Gasteiger partial charge >= 0.3 is 0 Å². The molecule has 0 bridgehead atoms. The van der Waals surface area contributed by atoms with E-state index >= 15 is 0 Å². The summed E-state index contributed by atoms with van der Waals surface area (Å²) in [7, 11) is 3.01. The number of aromatic nitrogens is 1. The van der Waals surface area contributed by atoms with E-state index in [1.807, 2.05) is 18.2 Å². The quantitative estimate of drug-likeness (QED) is 0.477. The lowest BCUT2D eigenvalue weighted by atomic mass is 10.1. The number of methoxy groups -OCH3 is 2. The third kappa shape index (κ3) is 3.62. The van der Waals surface area contributed by atoms with Gasteiger partial charge in [0.2, 0.25) is 5.89 Å². The van der Waals surface area contributed by atoms with Crippen LogP contribution < -0.4 is 14.8 Å². The van der Waals surface area contributed by atoms with Gasteiger partial charge in [0.1, 0.15) is 22.6 Å². The molecule has 146 valence electrons. The Morgan fingerprint density at radius 1 is 1.00 bits per heavy atom. The second kappa shape index (κ2) is 7.85. The maximum atomic E-state index is 12.8. The van der Waals surface area contributed by atoms with E-state index in [0.29, 0.717) is 50.3 Å². The van der Waals surface area contributed by atoms with Crippen LogP contribution in [0.2, 0.25) is 5.02 Å². The average molecular weight is 409 g/mol. The van der Waals surface area contributed by atoms with E-state index in [-0.39, 0.29) is 5.91 Å². The van der Waals surface area contributed by atoms with Gasteiger partial charge in [-0.25, -0.2) is 4.98 Å². The third-order valence-corrected chi connectivity index (χ3v) is 4.73. The zero-order chi connectivity index (χ0) is 20.4.